The largest absolute Gasteiger partial charge is 0.325 e. The highest BCUT2D eigenvalue weighted by atomic mass is 79.9. The number of nitrogens with zero attached hydrogens (tertiary/aromatic N) is 2. The Morgan fingerprint density at radius 1 is 1.11 bits per heavy atom. The zero-order chi connectivity index (χ0) is 13.2. The Bertz CT molecular complexity index is 718. The van der Waals surface area contributed by atoms with E-state index in [1.165, 1.54) is 5.56 Å². The number of benzene rings is 1. The van der Waals surface area contributed by atoms with Crippen LogP contribution >= 0.6 is 15.9 Å². The number of pyridine rings is 1. The molecule has 3 rings (SSSR count). The first-order valence-electron chi connectivity index (χ1n) is 6.17. The van der Waals surface area contributed by atoms with Crippen LogP contribution in [0.3, 0.4) is 0 Å². The molecule has 2 N–H and O–H groups in total. The maximum Gasteiger partial charge on any atom is 0.117 e. The summed E-state index contributed by atoms with van der Waals surface area (Å²) in [5.41, 5.74) is 9.20. The normalized spacial score (nSPS) is 11.1. The molecular weight excluding hydrogens is 302 g/mol. The lowest BCUT2D eigenvalue weighted by molar-refractivity contribution is 0.875. The van der Waals surface area contributed by atoms with E-state index in [0.29, 0.717) is 6.54 Å². The summed E-state index contributed by atoms with van der Waals surface area (Å²) in [6, 6.07) is 14.3. The van der Waals surface area contributed by atoms with Gasteiger partial charge in [0.2, 0.25) is 0 Å². The molecule has 0 atom stereocenters. The summed E-state index contributed by atoms with van der Waals surface area (Å²) >= 11 is 3.58. The van der Waals surface area contributed by atoms with Crippen LogP contribution in [0.1, 0.15) is 17.1 Å². The summed E-state index contributed by atoms with van der Waals surface area (Å²) in [5.74, 6) is 1.02. The molecule has 0 aliphatic heterocycles. The van der Waals surface area contributed by atoms with E-state index >= 15 is 0 Å². The third-order valence-corrected chi connectivity index (χ3v) is 3.99. The van der Waals surface area contributed by atoms with Crippen LogP contribution < -0.4 is 5.73 Å². The summed E-state index contributed by atoms with van der Waals surface area (Å²) in [6.45, 7) is 0.511. The van der Waals surface area contributed by atoms with E-state index < -0.39 is 0 Å². The monoisotopic (exact) mass is 315 g/mol. The Balaban J connectivity index is 2.09. The van der Waals surface area contributed by atoms with Gasteiger partial charge in [-0.05, 0) is 23.8 Å². The van der Waals surface area contributed by atoms with Gasteiger partial charge >= 0.3 is 0 Å². The van der Waals surface area contributed by atoms with Crippen molar-refractivity contribution >= 4 is 21.4 Å². The van der Waals surface area contributed by atoms with Crippen molar-refractivity contribution in [2.45, 2.75) is 13.0 Å². The second-order valence-electron chi connectivity index (χ2n) is 4.42. The van der Waals surface area contributed by atoms with Gasteiger partial charge in [-0.2, -0.15) is 0 Å². The molecule has 0 aliphatic rings. The van der Waals surface area contributed by atoms with Crippen molar-refractivity contribution in [2.24, 2.45) is 5.73 Å². The van der Waals surface area contributed by atoms with Gasteiger partial charge in [-0.25, -0.2) is 4.98 Å². The van der Waals surface area contributed by atoms with Crippen LogP contribution in [0.4, 0.5) is 0 Å². The Labute approximate surface area is 120 Å². The average Bonchev–Trinajstić information content (AvgIpc) is 2.85. The number of aromatic nitrogens is 2. The van der Waals surface area contributed by atoms with Crippen molar-refractivity contribution in [1.82, 2.24) is 9.38 Å². The third kappa shape index (κ3) is 2.29. The standard InChI is InChI=1S/C15H14BrN3/c16-14-7-2-1-4-11(14)8-15-18-10-13-6-3-5-12(9-17)19(13)15/h1-7,10H,8-9,17H2. The zero-order valence-electron chi connectivity index (χ0n) is 10.4. The minimum atomic E-state index is 0.511. The summed E-state index contributed by atoms with van der Waals surface area (Å²) in [4.78, 5) is 4.53. The van der Waals surface area contributed by atoms with E-state index in [1.807, 2.05) is 30.5 Å². The topological polar surface area (TPSA) is 43.3 Å². The smallest absolute Gasteiger partial charge is 0.117 e. The van der Waals surface area contributed by atoms with Gasteiger partial charge in [-0.1, -0.05) is 40.2 Å². The first-order valence-corrected chi connectivity index (χ1v) is 6.96. The highest BCUT2D eigenvalue weighted by Gasteiger charge is 2.09. The first-order chi connectivity index (χ1) is 9.29. The number of halogens is 1. The van der Waals surface area contributed by atoms with Crippen molar-refractivity contribution in [2.75, 3.05) is 0 Å². The molecule has 4 heteroatoms. The SMILES string of the molecule is NCc1cccc2cnc(Cc3ccccc3Br)n12. The Kier molecular flexibility index (Phi) is 3.36. The minimum absolute atomic E-state index is 0.511. The fourth-order valence-corrected chi connectivity index (χ4v) is 2.71. The Hall–Kier alpha value is -1.65. The van der Waals surface area contributed by atoms with Crippen molar-refractivity contribution < 1.29 is 0 Å². The van der Waals surface area contributed by atoms with Gasteiger partial charge < -0.3 is 5.73 Å². The van der Waals surface area contributed by atoms with Gasteiger partial charge in [0.05, 0.1) is 11.7 Å². The predicted octanol–water partition coefficient (Wildman–Crippen LogP) is 3.15. The van der Waals surface area contributed by atoms with Crippen LogP contribution in [0.5, 0.6) is 0 Å². The Morgan fingerprint density at radius 2 is 1.95 bits per heavy atom. The van der Waals surface area contributed by atoms with E-state index in [-0.39, 0.29) is 0 Å². The molecule has 0 fully saturated rings. The molecule has 19 heavy (non-hydrogen) atoms. The van der Waals surface area contributed by atoms with Crippen LogP contribution in [0.2, 0.25) is 0 Å². The summed E-state index contributed by atoms with van der Waals surface area (Å²) in [6.07, 6.45) is 2.68. The molecule has 0 bridgehead atoms. The molecule has 0 unspecified atom stereocenters. The molecule has 96 valence electrons. The van der Waals surface area contributed by atoms with Gasteiger partial charge in [-0.3, -0.25) is 4.40 Å². The minimum Gasteiger partial charge on any atom is -0.325 e. The lowest BCUT2D eigenvalue weighted by Crippen LogP contribution is -2.07. The quantitative estimate of drug-likeness (QED) is 0.807. The third-order valence-electron chi connectivity index (χ3n) is 3.22. The van der Waals surface area contributed by atoms with Crippen molar-refractivity contribution in [3.63, 3.8) is 0 Å². The van der Waals surface area contributed by atoms with Gasteiger partial charge in [0.15, 0.2) is 0 Å². The average molecular weight is 316 g/mol. The van der Waals surface area contributed by atoms with Gasteiger partial charge in [0, 0.05) is 23.1 Å². The lowest BCUT2D eigenvalue weighted by atomic mass is 10.1. The molecule has 2 aromatic heterocycles. The second kappa shape index (κ2) is 5.15. The highest BCUT2D eigenvalue weighted by Crippen LogP contribution is 2.20. The molecule has 1 aromatic carbocycles. The van der Waals surface area contributed by atoms with E-state index in [0.717, 1.165) is 27.9 Å². The summed E-state index contributed by atoms with van der Waals surface area (Å²) in [7, 11) is 0. The number of nitrogens with two attached hydrogens (primary N) is 1. The number of hydrogen-bond acceptors (Lipinski definition) is 2. The lowest BCUT2D eigenvalue weighted by Gasteiger charge is -2.08. The molecule has 0 radical (unpaired) electrons. The van der Waals surface area contributed by atoms with E-state index in [4.69, 9.17) is 5.73 Å². The summed E-state index contributed by atoms with van der Waals surface area (Å²) < 4.78 is 3.25. The molecular formula is C15H14BrN3. The van der Waals surface area contributed by atoms with E-state index in [2.05, 4.69) is 43.5 Å². The molecule has 0 spiro atoms. The Morgan fingerprint density at radius 3 is 2.74 bits per heavy atom. The zero-order valence-corrected chi connectivity index (χ0v) is 12.0. The number of imidazole rings is 1. The predicted molar refractivity (Wildman–Crippen MR) is 80.0 cm³/mol. The number of fused-ring (bicyclic) bond motifs is 1. The van der Waals surface area contributed by atoms with E-state index in [9.17, 15) is 0 Å². The second-order valence-corrected chi connectivity index (χ2v) is 5.28. The molecule has 2 heterocycles. The summed E-state index contributed by atoms with van der Waals surface area (Å²) in [5, 5.41) is 0. The number of hydrogen-bond donors (Lipinski definition) is 1. The van der Waals surface area contributed by atoms with Crippen LogP contribution in [0, 0.1) is 0 Å². The molecule has 0 amide bonds. The van der Waals surface area contributed by atoms with Crippen LogP contribution in [0.15, 0.2) is 53.1 Å². The molecule has 0 aliphatic carbocycles. The van der Waals surface area contributed by atoms with Gasteiger partial charge in [-0.15, -0.1) is 0 Å². The molecule has 0 saturated carbocycles. The maximum absolute atomic E-state index is 5.81. The first kappa shape index (κ1) is 12.4. The fraction of sp³-hybridized carbons (Fsp3) is 0.133. The van der Waals surface area contributed by atoms with Crippen molar-refractivity contribution in [1.29, 1.82) is 0 Å². The van der Waals surface area contributed by atoms with Crippen LogP contribution in [-0.4, -0.2) is 9.38 Å². The molecule has 3 aromatic rings. The molecule has 3 nitrogen and oxygen atoms in total. The molecule has 0 saturated heterocycles. The van der Waals surface area contributed by atoms with Crippen molar-refractivity contribution in [3.8, 4) is 0 Å². The van der Waals surface area contributed by atoms with Crippen LogP contribution in [-0.2, 0) is 13.0 Å². The van der Waals surface area contributed by atoms with Gasteiger partial charge in [0.1, 0.15) is 5.82 Å². The highest BCUT2D eigenvalue weighted by molar-refractivity contribution is 9.10. The maximum atomic E-state index is 5.81. The fourth-order valence-electron chi connectivity index (χ4n) is 2.28. The number of rotatable bonds is 3. The van der Waals surface area contributed by atoms with Gasteiger partial charge in [0.25, 0.3) is 0 Å². The van der Waals surface area contributed by atoms with Crippen molar-refractivity contribution in [3.05, 3.63) is 70.2 Å². The van der Waals surface area contributed by atoms with Crippen LogP contribution in [0.25, 0.3) is 5.52 Å². The van der Waals surface area contributed by atoms with E-state index in [1.54, 1.807) is 0 Å².